The second-order valence-corrected chi connectivity index (χ2v) is 4.31. The average Bonchev–Trinajstić information content (AvgIpc) is 2.83. The third kappa shape index (κ3) is 2.49. The number of aromatic nitrogens is 3. The molecule has 0 spiro atoms. The van der Waals surface area contributed by atoms with Gasteiger partial charge in [0.15, 0.2) is 0 Å². The van der Waals surface area contributed by atoms with E-state index >= 15 is 0 Å². The molecular weight excluding hydrogens is 214 g/mol. The van der Waals surface area contributed by atoms with Crippen molar-refractivity contribution in [3.63, 3.8) is 0 Å². The second-order valence-electron chi connectivity index (χ2n) is 3.98. The van der Waals surface area contributed by atoms with Gasteiger partial charge in [-0.05, 0) is 24.4 Å². The molecule has 5 heteroatoms. The first-order valence-electron chi connectivity index (χ1n) is 5.46. The maximum absolute atomic E-state index is 6.01. The molecule has 0 saturated carbocycles. The zero-order chi connectivity index (χ0) is 10.7. The highest BCUT2D eigenvalue weighted by Crippen LogP contribution is 2.18. The number of aryl methyl sites for hydroxylation is 1. The number of nitrogens with zero attached hydrogens (tertiary/aromatic N) is 3. The molecular formula is C10H16ClN3O. The van der Waals surface area contributed by atoms with Gasteiger partial charge in [-0.3, -0.25) is 0 Å². The highest BCUT2D eigenvalue weighted by atomic mass is 35.5. The molecule has 0 aliphatic carbocycles. The fraction of sp³-hybridized carbons (Fsp3) is 0.800. The largest absolute Gasteiger partial charge is 0.381 e. The summed E-state index contributed by atoms with van der Waals surface area (Å²) >= 11 is 6.01. The van der Waals surface area contributed by atoms with Crippen molar-refractivity contribution in [2.75, 3.05) is 13.2 Å². The van der Waals surface area contributed by atoms with Crippen LogP contribution in [0.2, 0.25) is 5.28 Å². The molecule has 1 fully saturated rings. The van der Waals surface area contributed by atoms with Gasteiger partial charge in [0.1, 0.15) is 5.82 Å². The topological polar surface area (TPSA) is 39.9 Å². The van der Waals surface area contributed by atoms with E-state index in [0.717, 1.165) is 44.8 Å². The smallest absolute Gasteiger partial charge is 0.225 e. The van der Waals surface area contributed by atoms with Gasteiger partial charge in [0.05, 0.1) is 6.61 Å². The Bertz CT molecular complexity index is 320. The van der Waals surface area contributed by atoms with Crippen LogP contribution in [-0.2, 0) is 17.7 Å². The fourth-order valence-electron chi connectivity index (χ4n) is 1.89. The highest BCUT2D eigenvalue weighted by molar-refractivity contribution is 6.28. The van der Waals surface area contributed by atoms with E-state index in [1.54, 1.807) is 0 Å². The van der Waals surface area contributed by atoms with E-state index in [2.05, 4.69) is 17.1 Å². The van der Waals surface area contributed by atoms with Crippen LogP contribution >= 0.6 is 11.6 Å². The summed E-state index contributed by atoms with van der Waals surface area (Å²) in [7, 11) is 0. The molecule has 0 amide bonds. The zero-order valence-electron chi connectivity index (χ0n) is 8.95. The van der Waals surface area contributed by atoms with Gasteiger partial charge in [0, 0.05) is 25.5 Å². The summed E-state index contributed by atoms with van der Waals surface area (Å²) in [6.07, 6.45) is 3.11. The first-order valence-corrected chi connectivity index (χ1v) is 5.84. The van der Waals surface area contributed by atoms with E-state index in [9.17, 15) is 0 Å². The summed E-state index contributed by atoms with van der Waals surface area (Å²) in [5, 5.41) is 8.51. The third-order valence-corrected chi connectivity index (χ3v) is 3.00. The van der Waals surface area contributed by atoms with Gasteiger partial charge in [-0.2, -0.15) is 0 Å². The minimum absolute atomic E-state index is 0.505. The summed E-state index contributed by atoms with van der Waals surface area (Å²) in [5.74, 6) is 1.56. The van der Waals surface area contributed by atoms with Crippen molar-refractivity contribution in [2.45, 2.75) is 32.7 Å². The molecule has 1 aromatic heterocycles. The van der Waals surface area contributed by atoms with Crippen LogP contribution in [0.15, 0.2) is 0 Å². The highest BCUT2D eigenvalue weighted by Gasteiger charge is 2.19. The second kappa shape index (κ2) is 4.94. The molecule has 0 N–H and O–H groups in total. The van der Waals surface area contributed by atoms with E-state index in [4.69, 9.17) is 16.3 Å². The van der Waals surface area contributed by atoms with Crippen molar-refractivity contribution in [2.24, 2.45) is 5.92 Å². The Morgan fingerprint density at radius 2 is 2.40 bits per heavy atom. The van der Waals surface area contributed by atoms with Crippen LogP contribution in [0.3, 0.4) is 0 Å². The molecule has 1 saturated heterocycles. The fourth-order valence-corrected chi connectivity index (χ4v) is 2.09. The van der Waals surface area contributed by atoms with Crippen LogP contribution in [0, 0.1) is 5.92 Å². The van der Waals surface area contributed by atoms with Gasteiger partial charge in [-0.25, -0.2) is 0 Å². The Hall–Kier alpha value is -0.610. The van der Waals surface area contributed by atoms with Crippen molar-refractivity contribution in [1.29, 1.82) is 0 Å². The first kappa shape index (κ1) is 10.9. The normalized spacial score (nSPS) is 21.1. The Morgan fingerprint density at radius 3 is 3.07 bits per heavy atom. The van der Waals surface area contributed by atoms with Gasteiger partial charge in [0.2, 0.25) is 5.28 Å². The minimum atomic E-state index is 0.505. The van der Waals surface area contributed by atoms with Crippen molar-refractivity contribution in [3.8, 4) is 0 Å². The van der Waals surface area contributed by atoms with Crippen LogP contribution in [0.25, 0.3) is 0 Å². The van der Waals surface area contributed by atoms with Crippen molar-refractivity contribution >= 4 is 11.6 Å². The number of hydrogen-bond acceptors (Lipinski definition) is 3. The van der Waals surface area contributed by atoms with Crippen molar-refractivity contribution in [1.82, 2.24) is 14.8 Å². The molecule has 1 aromatic rings. The molecule has 1 aliphatic rings. The zero-order valence-corrected chi connectivity index (χ0v) is 9.70. The maximum Gasteiger partial charge on any atom is 0.225 e. The van der Waals surface area contributed by atoms with Gasteiger partial charge < -0.3 is 9.30 Å². The van der Waals surface area contributed by atoms with Crippen molar-refractivity contribution in [3.05, 3.63) is 11.1 Å². The third-order valence-electron chi connectivity index (χ3n) is 2.72. The van der Waals surface area contributed by atoms with E-state index in [1.807, 2.05) is 4.57 Å². The van der Waals surface area contributed by atoms with E-state index in [1.165, 1.54) is 0 Å². The number of ether oxygens (including phenoxy) is 1. The number of rotatable bonds is 4. The molecule has 1 atom stereocenters. The standard InChI is InChI=1S/C10H16ClN3O/c1-2-3-9-12-13-10(11)14(9)6-8-4-5-15-7-8/h8H,2-7H2,1H3. The predicted molar refractivity (Wildman–Crippen MR) is 58.0 cm³/mol. The number of hydrogen-bond donors (Lipinski definition) is 0. The molecule has 0 radical (unpaired) electrons. The lowest BCUT2D eigenvalue weighted by molar-refractivity contribution is 0.182. The molecule has 1 unspecified atom stereocenters. The van der Waals surface area contributed by atoms with Gasteiger partial charge in [0.25, 0.3) is 0 Å². The molecule has 15 heavy (non-hydrogen) atoms. The molecule has 1 aliphatic heterocycles. The Morgan fingerprint density at radius 1 is 1.53 bits per heavy atom. The van der Waals surface area contributed by atoms with Crippen molar-refractivity contribution < 1.29 is 4.74 Å². The van der Waals surface area contributed by atoms with E-state index in [0.29, 0.717) is 11.2 Å². The van der Waals surface area contributed by atoms with Crippen LogP contribution in [0.4, 0.5) is 0 Å². The lowest BCUT2D eigenvalue weighted by Gasteiger charge is -2.11. The minimum Gasteiger partial charge on any atom is -0.381 e. The Kier molecular flexibility index (Phi) is 3.59. The quantitative estimate of drug-likeness (QED) is 0.792. The molecule has 84 valence electrons. The Labute approximate surface area is 94.6 Å². The summed E-state index contributed by atoms with van der Waals surface area (Å²) in [5.41, 5.74) is 0. The van der Waals surface area contributed by atoms with Crippen LogP contribution in [0.5, 0.6) is 0 Å². The summed E-state index contributed by atoms with van der Waals surface area (Å²) in [6, 6.07) is 0. The average molecular weight is 230 g/mol. The summed E-state index contributed by atoms with van der Waals surface area (Å²) in [4.78, 5) is 0. The summed E-state index contributed by atoms with van der Waals surface area (Å²) < 4.78 is 7.37. The van der Waals surface area contributed by atoms with Gasteiger partial charge >= 0.3 is 0 Å². The predicted octanol–water partition coefficient (Wildman–Crippen LogP) is 1.92. The van der Waals surface area contributed by atoms with Crippen LogP contribution < -0.4 is 0 Å². The molecule has 2 heterocycles. The lowest BCUT2D eigenvalue weighted by atomic mass is 10.1. The van der Waals surface area contributed by atoms with Gasteiger partial charge in [-0.15, -0.1) is 10.2 Å². The monoisotopic (exact) mass is 229 g/mol. The van der Waals surface area contributed by atoms with Gasteiger partial charge in [-0.1, -0.05) is 6.92 Å². The lowest BCUT2D eigenvalue weighted by Crippen LogP contribution is -2.13. The first-order chi connectivity index (χ1) is 7.31. The Balaban J connectivity index is 2.07. The molecule has 0 bridgehead atoms. The molecule has 0 aromatic carbocycles. The van der Waals surface area contributed by atoms with Crippen LogP contribution in [-0.4, -0.2) is 28.0 Å². The van der Waals surface area contributed by atoms with Crippen LogP contribution in [0.1, 0.15) is 25.6 Å². The summed E-state index contributed by atoms with van der Waals surface area (Å²) in [6.45, 7) is 4.72. The van der Waals surface area contributed by atoms with E-state index < -0.39 is 0 Å². The number of halogens is 1. The molecule has 2 rings (SSSR count). The molecule has 4 nitrogen and oxygen atoms in total. The van der Waals surface area contributed by atoms with E-state index in [-0.39, 0.29) is 0 Å². The maximum atomic E-state index is 6.01. The SMILES string of the molecule is CCCc1nnc(Cl)n1CC1CCOC1.